The van der Waals surface area contributed by atoms with Crippen LogP contribution in [0.25, 0.3) is 28.1 Å². The van der Waals surface area contributed by atoms with Crippen LogP contribution in [-0.2, 0) is 35.1 Å². The van der Waals surface area contributed by atoms with Gasteiger partial charge in [0.1, 0.15) is 18.1 Å². The number of nitrogens with two attached hydrogens (primary N) is 1. The Morgan fingerprint density at radius 1 is 0.895 bits per heavy atom. The summed E-state index contributed by atoms with van der Waals surface area (Å²) in [5.74, 6) is 0.688. The maximum absolute atomic E-state index is 14.3. The van der Waals surface area contributed by atoms with Gasteiger partial charge in [-0.2, -0.15) is 5.10 Å². The molecule has 2 aliphatic heterocycles. The zero-order valence-electron chi connectivity index (χ0n) is 32.4. The molecule has 306 valence electrons. The number of anilines is 1. The SMILES string of the molecule is COc1cc2c(cc1-c1cccc(NC(=O)CCOCCOCCOCCOCCN)c1)-c1c(c(C(=O)N3CCOCC3(C)C)nn1-c1cc(Cl)cc(Cl)c1)CO2. The van der Waals surface area contributed by atoms with Crippen molar-refractivity contribution in [2.45, 2.75) is 32.4 Å². The fourth-order valence-corrected chi connectivity index (χ4v) is 7.17. The molecule has 0 radical (unpaired) electrons. The number of halogens is 2. The second-order valence-electron chi connectivity index (χ2n) is 14.0. The lowest BCUT2D eigenvalue weighted by Crippen LogP contribution is -2.55. The normalized spacial score (nSPS) is 14.5. The molecule has 14 nitrogen and oxygen atoms in total. The number of benzene rings is 3. The standard InChI is InChI=1S/C41H49Cl2N5O9/c1-41(2)26-56-12-9-47(41)40(50)38-34-25-57-36-24-35(51-3)32(23-33(36)39(34)48(46-38)31-21-28(42)20-29(43)22-31)27-5-4-6-30(19-27)45-37(49)7-10-52-13-15-54-17-18-55-16-14-53-11-8-44/h4-6,19-24H,7-18,25-26,44H2,1-3H3,(H,45,49). The Kier molecular flexibility index (Phi) is 14.8. The van der Waals surface area contributed by atoms with Crippen molar-refractivity contribution < 1.29 is 42.7 Å². The number of nitrogens with zero attached hydrogens (tertiary/aromatic N) is 3. The Morgan fingerprint density at radius 3 is 2.25 bits per heavy atom. The van der Waals surface area contributed by atoms with Crippen LogP contribution in [0.15, 0.2) is 54.6 Å². The van der Waals surface area contributed by atoms with Crippen LogP contribution < -0.4 is 20.5 Å². The topological polar surface area (TPSA) is 158 Å². The number of morpholine rings is 1. The van der Waals surface area contributed by atoms with E-state index in [0.717, 1.165) is 11.1 Å². The maximum atomic E-state index is 14.3. The molecule has 1 aromatic heterocycles. The number of fused-ring (bicyclic) bond motifs is 3. The summed E-state index contributed by atoms with van der Waals surface area (Å²) in [6.45, 7) is 9.18. The van der Waals surface area contributed by atoms with Gasteiger partial charge in [-0.3, -0.25) is 9.59 Å². The Morgan fingerprint density at radius 2 is 1.58 bits per heavy atom. The first-order valence-corrected chi connectivity index (χ1v) is 19.6. The third kappa shape index (κ3) is 10.6. The number of hydrogen-bond acceptors (Lipinski definition) is 11. The molecule has 6 rings (SSSR count). The van der Waals surface area contributed by atoms with E-state index in [0.29, 0.717) is 122 Å². The minimum absolute atomic E-state index is 0.102. The lowest BCUT2D eigenvalue weighted by molar-refractivity contribution is -0.117. The van der Waals surface area contributed by atoms with Gasteiger partial charge in [0.15, 0.2) is 5.69 Å². The highest BCUT2D eigenvalue weighted by atomic mass is 35.5. The van der Waals surface area contributed by atoms with Gasteiger partial charge in [0.25, 0.3) is 5.91 Å². The zero-order valence-corrected chi connectivity index (χ0v) is 34.0. The predicted molar refractivity (Wildman–Crippen MR) is 217 cm³/mol. The minimum Gasteiger partial charge on any atom is -0.496 e. The number of amides is 2. The van der Waals surface area contributed by atoms with Gasteiger partial charge in [-0.25, -0.2) is 4.68 Å². The van der Waals surface area contributed by atoms with Crippen molar-refractivity contribution in [2.24, 2.45) is 5.73 Å². The summed E-state index contributed by atoms with van der Waals surface area (Å²) in [6, 6.07) is 16.4. The molecular weight excluding hydrogens is 777 g/mol. The summed E-state index contributed by atoms with van der Waals surface area (Å²) in [6.07, 6.45) is 0.165. The summed E-state index contributed by atoms with van der Waals surface area (Å²) in [5.41, 5.74) is 9.79. The lowest BCUT2D eigenvalue weighted by atomic mass is 9.95. The molecular formula is C41H49Cl2N5O9. The molecule has 0 aliphatic carbocycles. The summed E-state index contributed by atoms with van der Waals surface area (Å²) in [7, 11) is 1.59. The van der Waals surface area contributed by atoms with Crippen LogP contribution in [0.4, 0.5) is 5.69 Å². The van der Waals surface area contributed by atoms with E-state index in [4.69, 9.17) is 67.2 Å². The van der Waals surface area contributed by atoms with E-state index in [2.05, 4.69) is 5.32 Å². The molecule has 3 aromatic carbocycles. The monoisotopic (exact) mass is 825 g/mol. The third-order valence-electron chi connectivity index (χ3n) is 9.41. The molecule has 0 unspecified atom stereocenters. The van der Waals surface area contributed by atoms with Crippen molar-refractivity contribution in [3.63, 3.8) is 0 Å². The van der Waals surface area contributed by atoms with Gasteiger partial charge >= 0.3 is 0 Å². The summed E-state index contributed by atoms with van der Waals surface area (Å²) < 4.78 is 41.3. The fraction of sp³-hybridized carbons (Fsp3) is 0.439. The van der Waals surface area contributed by atoms with Crippen LogP contribution in [0.3, 0.4) is 0 Å². The van der Waals surface area contributed by atoms with Crippen LogP contribution in [0.2, 0.25) is 10.0 Å². The van der Waals surface area contributed by atoms with Crippen LogP contribution in [0.1, 0.15) is 36.3 Å². The molecule has 4 aromatic rings. The Balaban J connectivity index is 1.18. The molecule has 1 saturated heterocycles. The van der Waals surface area contributed by atoms with Gasteiger partial charge in [0.2, 0.25) is 5.91 Å². The van der Waals surface area contributed by atoms with E-state index < -0.39 is 5.54 Å². The number of hydrogen-bond donors (Lipinski definition) is 2. The van der Waals surface area contributed by atoms with Crippen molar-refractivity contribution in [3.8, 4) is 39.6 Å². The second-order valence-corrected chi connectivity index (χ2v) is 14.9. The molecule has 0 atom stereocenters. The summed E-state index contributed by atoms with van der Waals surface area (Å²) >= 11 is 13.0. The predicted octanol–water partition coefficient (Wildman–Crippen LogP) is 6.02. The molecule has 57 heavy (non-hydrogen) atoms. The number of ether oxygens (including phenoxy) is 7. The first kappa shape index (κ1) is 42.4. The third-order valence-corrected chi connectivity index (χ3v) is 9.84. The number of nitrogens with one attached hydrogen (secondary N) is 1. The highest BCUT2D eigenvalue weighted by Crippen LogP contribution is 2.47. The van der Waals surface area contributed by atoms with Gasteiger partial charge in [-0.15, -0.1) is 0 Å². The molecule has 0 saturated carbocycles. The van der Waals surface area contributed by atoms with E-state index >= 15 is 0 Å². The minimum atomic E-state index is -0.543. The highest BCUT2D eigenvalue weighted by molar-refractivity contribution is 6.34. The van der Waals surface area contributed by atoms with Gasteiger partial charge in [-0.1, -0.05) is 35.3 Å². The molecule has 1 fully saturated rings. The Labute approximate surface area is 342 Å². The van der Waals surface area contributed by atoms with Gasteiger partial charge < -0.3 is 49.1 Å². The largest absolute Gasteiger partial charge is 0.496 e. The zero-order chi connectivity index (χ0) is 40.4. The van der Waals surface area contributed by atoms with Crippen molar-refractivity contribution in [3.05, 3.63) is 75.9 Å². The summed E-state index contributed by atoms with van der Waals surface area (Å²) in [5, 5.41) is 8.73. The molecule has 0 spiro atoms. The van der Waals surface area contributed by atoms with E-state index in [9.17, 15) is 9.59 Å². The first-order chi connectivity index (χ1) is 27.6. The summed E-state index contributed by atoms with van der Waals surface area (Å²) in [4.78, 5) is 29.0. The molecule has 0 bridgehead atoms. The fourth-order valence-electron chi connectivity index (χ4n) is 6.65. The Hall–Kier alpha value is -4.25. The van der Waals surface area contributed by atoms with Crippen LogP contribution in [0, 0.1) is 0 Å². The van der Waals surface area contributed by atoms with Crippen molar-refractivity contribution >= 4 is 40.7 Å². The Bertz CT molecular complexity index is 2000. The quantitative estimate of drug-likeness (QED) is 0.107. The highest BCUT2D eigenvalue weighted by Gasteiger charge is 2.39. The van der Waals surface area contributed by atoms with E-state index in [1.807, 2.05) is 50.2 Å². The van der Waals surface area contributed by atoms with E-state index in [1.54, 1.807) is 34.9 Å². The van der Waals surface area contributed by atoms with Gasteiger partial charge in [-0.05, 0) is 55.8 Å². The van der Waals surface area contributed by atoms with Gasteiger partial charge in [0, 0.05) is 51.6 Å². The van der Waals surface area contributed by atoms with E-state index in [-0.39, 0.29) is 37.1 Å². The average Bonchev–Trinajstić information content (AvgIpc) is 3.59. The smallest absolute Gasteiger partial charge is 0.275 e. The van der Waals surface area contributed by atoms with Crippen LogP contribution in [0.5, 0.6) is 11.5 Å². The molecule has 16 heteroatoms. The van der Waals surface area contributed by atoms with Gasteiger partial charge in [0.05, 0.1) is 96.5 Å². The first-order valence-electron chi connectivity index (χ1n) is 18.8. The number of methoxy groups -OCH3 is 1. The molecule has 2 aliphatic rings. The van der Waals surface area contributed by atoms with Crippen molar-refractivity contribution in [2.75, 3.05) is 91.6 Å². The molecule has 3 heterocycles. The second kappa shape index (κ2) is 19.9. The molecule has 3 N–H and O–H groups in total. The van der Waals surface area contributed by atoms with Crippen molar-refractivity contribution in [1.82, 2.24) is 14.7 Å². The van der Waals surface area contributed by atoms with Crippen LogP contribution in [-0.4, -0.2) is 118 Å². The number of rotatable bonds is 19. The number of aromatic nitrogens is 2. The number of carbonyl (C=O) groups is 2. The lowest BCUT2D eigenvalue weighted by Gasteiger charge is -2.41. The average molecular weight is 827 g/mol. The maximum Gasteiger partial charge on any atom is 0.275 e. The van der Waals surface area contributed by atoms with E-state index in [1.165, 1.54) is 0 Å². The van der Waals surface area contributed by atoms with Crippen molar-refractivity contribution in [1.29, 1.82) is 0 Å². The number of carbonyl (C=O) groups excluding carboxylic acids is 2. The van der Waals surface area contributed by atoms with Crippen LogP contribution >= 0.6 is 23.2 Å². The molecule has 2 amide bonds.